The fraction of sp³-hybridized carbons (Fsp3) is 0.778. The van der Waals surface area contributed by atoms with Crippen LogP contribution in [0.3, 0.4) is 0 Å². The van der Waals surface area contributed by atoms with Gasteiger partial charge in [-0.1, -0.05) is 41.3 Å². The predicted molar refractivity (Wildman–Crippen MR) is 49.4 cm³/mol. The molecule has 0 aromatic rings. The molecule has 0 bridgehead atoms. The van der Waals surface area contributed by atoms with E-state index in [1.807, 2.05) is 0 Å². The Kier molecular flexibility index (Phi) is 3.47. The highest BCUT2D eigenvalue weighted by molar-refractivity contribution is 9.09. The monoisotopic (exact) mass is 202 g/mol. The van der Waals surface area contributed by atoms with Crippen LogP contribution in [0.15, 0.2) is 12.7 Å². The van der Waals surface area contributed by atoms with Gasteiger partial charge in [-0.25, -0.2) is 0 Å². The largest absolute Gasteiger partial charge is 0.103 e. The van der Waals surface area contributed by atoms with Crippen molar-refractivity contribution in [3.8, 4) is 0 Å². The summed E-state index contributed by atoms with van der Waals surface area (Å²) >= 11 is 3.49. The lowest BCUT2D eigenvalue weighted by Crippen LogP contribution is -2.15. The Balaban J connectivity index is 2.13. The number of allylic oxidation sites excluding steroid dienone is 1. The second kappa shape index (κ2) is 4.17. The molecule has 1 aliphatic carbocycles. The lowest BCUT2D eigenvalue weighted by atomic mass is 9.79. The first kappa shape index (κ1) is 8.32. The second-order valence-corrected chi connectivity index (χ2v) is 3.83. The van der Waals surface area contributed by atoms with Gasteiger partial charge in [-0.05, 0) is 18.3 Å². The van der Waals surface area contributed by atoms with Crippen LogP contribution in [0.2, 0.25) is 0 Å². The molecule has 0 amide bonds. The molecule has 0 nitrogen and oxygen atoms in total. The third-order valence-electron chi connectivity index (χ3n) is 2.39. The third kappa shape index (κ3) is 2.12. The topological polar surface area (TPSA) is 0 Å². The summed E-state index contributed by atoms with van der Waals surface area (Å²) in [5, 5.41) is 1.09. The Morgan fingerprint density at radius 1 is 1.60 bits per heavy atom. The van der Waals surface area contributed by atoms with Crippen molar-refractivity contribution in [1.29, 1.82) is 0 Å². The quantitative estimate of drug-likeness (QED) is 0.485. The summed E-state index contributed by atoms with van der Waals surface area (Å²) in [6.45, 7) is 3.81. The van der Waals surface area contributed by atoms with Gasteiger partial charge >= 0.3 is 0 Å². The highest BCUT2D eigenvalue weighted by Crippen LogP contribution is 2.32. The Labute approximate surface area is 71.8 Å². The molecule has 0 heterocycles. The van der Waals surface area contributed by atoms with Crippen molar-refractivity contribution < 1.29 is 0 Å². The number of hydrogen-bond donors (Lipinski definition) is 0. The van der Waals surface area contributed by atoms with E-state index in [9.17, 15) is 0 Å². The molecular formula is C9H15Br. The summed E-state index contributed by atoms with van der Waals surface area (Å²) in [6.07, 6.45) is 7.80. The molecule has 10 heavy (non-hydrogen) atoms. The summed E-state index contributed by atoms with van der Waals surface area (Å²) in [5.74, 6) is 1.73. The molecule has 1 saturated carbocycles. The molecule has 0 radical (unpaired) electrons. The highest BCUT2D eigenvalue weighted by Gasteiger charge is 2.19. The zero-order valence-electron chi connectivity index (χ0n) is 6.35. The highest BCUT2D eigenvalue weighted by atomic mass is 79.9. The summed E-state index contributed by atoms with van der Waals surface area (Å²) in [6, 6.07) is 0. The van der Waals surface area contributed by atoms with Gasteiger partial charge in [0.15, 0.2) is 0 Å². The third-order valence-corrected chi connectivity index (χ3v) is 3.22. The summed E-state index contributed by atoms with van der Waals surface area (Å²) in [5.41, 5.74) is 0. The summed E-state index contributed by atoms with van der Waals surface area (Å²) < 4.78 is 0. The van der Waals surface area contributed by atoms with Crippen LogP contribution in [0, 0.1) is 11.8 Å². The molecule has 1 fully saturated rings. The van der Waals surface area contributed by atoms with Crippen LogP contribution in [-0.2, 0) is 0 Å². The van der Waals surface area contributed by atoms with Crippen LogP contribution >= 0.6 is 15.9 Å². The zero-order chi connectivity index (χ0) is 7.40. The van der Waals surface area contributed by atoms with E-state index in [-0.39, 0.29) is 0 Å². The Morgan fingerprint density at radius 3 is 2.60 bits per heavy atom. The van der Waals surface area contributed by atoms with Gasteiger partial charge < -0.3 is 0 Å². The molecule has 0 aromatic heterocycles. The van der Waals surface area contributed by atoms with Gasteiger partial charge in [0.1, 0.15) is 0 Å². The summed E-state index contributed by atoms with van der Waals surface area (Å²) in [4.78, 5) is 0. The standard InChI is InChI=1S/C9H15Br/c1-2-8(7-10)6-9-4-3-5-9/h2,8-9H,1,3-7H2. The van der Waals surface area contributed by atoms with Crippen LogP contribution in [-0.4, -0.2) is 5.33 Å². The van der Waals surface area contributed by atoms with E-state index in [1.54, 1.807) is 0 Å². The average Bonchev–Trinajstić information content (AvgIpc) is 1.87. The van der Waals surface area contributed by atoms with Gasteiger partial charge in [-0.2, -0.15) is 0 Å². The maximum absolute atomic E-state index is 3.81. The molecule has 1 rings (SSSR count). The van der Waals surface area contributed by atoms with E-state index in [2.05, 4.69) is 28.6 Å². The van der Waals surface area contributed by atoms with Crippen molar-refractivity contribution in [3.63, 3.8) is 0 Å². The van der Waals surface area contributed by atoms with Crippen molar-refractivity contribution in [1.82, 2.24) is 0 Å². The van der Waals surface area contributed by atoms with Gasteiger partial charge in [0.25, 0.3) is 0 Å². The lowest BCUT2D eigenvalue weighted by Gasteiger charge is -2.27. The zero-order valence-corrected chi connectivity index (χ0v) is 7.94. The normalized spacial score (nSPS) is 21.7. The molecule has 0 saturated heterocycles. The van der Waals surface area contributed by atoms with E-state index in [4.69, 9.17) is 0 Å². The molecule has 0 N–H and O–H groups in total. The van der Waals surface area contributed by atoms with Gasteiger partial charge in [0.05, 0.1) is 0 Å². The van der Waals surface area contributed by atoms with Crippen molar-refractivity contribution >= 4 is 15.9 Å². The molecule has 0 aromatic carbocycles. The van der Waals surface area contributed by atoms with Gasteiger partial charge in [0, 0.05) is 5.33 Å². The minimum absolute atomic E-state index is 0.713. The molecule has 1 unspecified atom stereocenters. The number of rotatable bonds is 4. The van der Waals surface area contributed by atoms with E-state index in [0.717, 1.165) is 11.2 Å². The molecule has 58 valence electrons. The fourth-order valence-corrected chi connectivity index (χ4v) is 1.91. The minimum Gasteiger partial charge on any atom is -0.103 e. The van der Waals surface area contributed by atoms with Crippen molar-refractivity contribution in [2.75, 3.05) is 5.33 Å². The van der Waals surface area contributed by atoms with Crippen molar-refractivity contribution in [2.24, 2.45) is 11.8 Å². The van der Waals surface area contributed by atoms with Gasteiger partial charge in [-0.3, -0.25) is 0 Å². The number of hydrogen-bond acceptors (Lipinski definition) is 0. The predicted octanol–water partition coefficient (Wildman–Crippen LogP) is 3.37. The molecule has 0 aliphatic heterocycles. The molecule has 0 spiro atoms. The maximum Gasteiger partial charge on any atom is 0.00943 e. The van der Waals surface area contributed by atoms with Crippen molar-refractivity contribution in [2.45, 2.75) is 25.7 Å². The smallest absolute Gasteiger partial charge is 0.00943 e. The molecular weight excluding hydrogens is 188 g/mol. The second-order valence-electron chi connectivity index (χ2n) is 3.18. The van der Waals surface area contributed by atoms with E-state index in [0.29, 0.717) is 5.92 Å². The molecule has 1 aliphatic rings. The van der Waals surface area contributed by atoms with E-state index >= 15 is 0 Å². The van der Waals surface area contributed by atoms with Crippen LogP contribution in [0.5, 0.6) is 0 Å². The Hall–Kier alpha value is 0.220. The van der Waals surface area contributed by atoms with E-state index in [1.165, 1.54) is 25.7 Å². The average molecular weight is 203 g/mol. The fourth-order valence-electron chi connectivity index (χ4n) is 1.38. The SMILES string of the molecule is C=CC(CBr)CC1CCC1. The van der Waals surface area contributed by atoms with Crippen LogP contribution in [0.25, 0.3) is 0 Å². The van der Waals surface area contributed by atoms with Gasteiger partial charge in [0.2, 0.25) is 0 Å². The summed E-state index contributed by atoms with van der Waals surface area (Å²) in [7, 11) is 0. The Bertz CT molecular complexity index is 105. The van der Waals surface area contributed by atoms with Gasteiger partial charge in [-0.15, -0.1) is 6.58 Å². The number of halogens is 1. The first-order chi connectivity index (χ1) is 4.86. The first-order valence-corrected chi connectivity index (χ1v) is 5.17. The minimum atomic E-state index is 0.713. The van der Waals surface area contributed by atoms with Crippen LogP contribution in [0.1, 0.15) is 25.7 Å². The number of alkyl halides is 1. The Morgan fingerprint density at radius 2 is 2.30 bits per heavy atom. The maximum atomic E-state index is 3.81. The van der Waals surface area contributed by atoms with E-state index < -0.39 is 0 Å². The van der Waals surface area contributed by atoms with Crippen LogP contribution < -0.4 is 0 Å². The molecule has 1 heteroatoms. The first-order valence-electron chi connectivity index (χ1n) is 4.05. The molecule has 1 atom stereocenters. The van der Waals surface area contributed by atoms with Crippen LogP contribution in [0.4, 0.5) is 0 Å². The lowest BCUT2D eigenvalue weighted by molar-refractivity contribution is 0.275. The van der Waals surface area contributed by atoms with Crippen molar-refractivity contribution in [3.05, 3.63) is 12.7 Å².